The quantitative estimate of drug-likeness (QED) is 0.701. The van der Waals surface area contributed by atoms with Gasteiger partial charge in [-0.2, -0.15) is 0 Å². The number of imidazole rings is 2. The van der Waals surface area contributed by atoms with Gasteiger partial charge in [0.1, 0.15) is 5.82 Å². The Balaban J connectivity index is 1.94. The Labute approximate surface area is 121 Å². The van der Waals surface area contributed by atoms with Crippen LogP contribution in [0.25, 0.3) is 10.8 Å². The highest BCUT2D eigenvalue weighted by atomic mass is 32.1. The van der Waals surface area contributed by atoms with Gasteiger partial charge in [0.25, 0.3) is 0 Å². The number of nitrogens with one attached hydrogen (secondary N) is 1. The summed E-state index contributed by atoms with van der Waals surface area (Å²) in [4.78, 5) is 9.98. The average molecular weight is 291 g/mol. The molecule has 0 unspecified atom stereocenters. The number of methoxy groups -OCH3 is 1. The van der Waals surface area contributed by atoms with E-state index in [0.717, 1.165) is 35.4 Å². The molecule has 0 aliphatic carbocycles. The summed E-state index contributed by atoms with van der Waals surface area (Å²) < 4.78 is 9.20. The van der Waals surface area contributed by atoms with Crippen molar-refractivity contribution in [2.45, 2.75) is 13.5 Å². The second-order valence-corrected chi connectivity index (χ2v) is 5.32. The van der Waals surface area contributed by atoms with E-state index in [1.807, 2.05) is 23.1 Å². The van der Waals surface area contributed by atoms with E-state index in [-0.39, 0.29) is 0 Å². The van der Waals surface area contributed by atoms with Crippen molar-refractivity contribution in [3.8, 4) is 5.82 Å². The molecule has 3 aromatic rings. The fraction of sp³-hybridized carbons (Fsp3) is 0.385. The Hall–Kier alpha value is -1.70. The standard InChI is InChI=1S/C13H17N5OS/c1-10-15-3-5-17(10)12-11(9-14-4-7-19-2)18-6-8-20-13(18)16-12/h3,5-6,8,14H,4,7,9H2,1-2H3. The van der Waals surface area contributed by atoms with Crippen molar-refractivity contribution in [3.63, 3.8) is 0 Å². The van der Waals surface area contributed by atoms with E-state index in [1.165, 1.54) is 0 Å². The van der Waals surface area contributed by atoms with Crippen molar-refractivity contribution in [3.05, 3.63) is 35.5 Å². The van der Waals surface area contributed by atoms with Gasteiger partial charge in [-0.25, -0.2) is 9.97 Å². The lowest BCUT2D eigenvalue weighted by atomic mass is 10.4. The number of aromatic nitrogens is 4. The predicted octanol–water partition coefficient (Wildman–Crippen LogP) is 1.63. The second kappa shape index (κ2) is 5.74. The molecule has 0 spiro atoms. The van der Waals surface area contributed by atoms with Gasteiger partial charge in [-0.05, 0) is 6.92 Å². The summed E-state index contributed by atoms with van der Waals surface area (Å²) in [6.45, 7) is 4.24. The van der Waals surface area contributed by atoms with Crippen molar-refractivity contribution in [1.82, 2.24) is 24.3 Å². The van der Waals surface area contributed by atoms with E-state index in [4.69, 9.17) is 9.72 Å². The van der Waals surface area contributed by atoms with Crippen LogP contribution in [0, 0.1) is 6.92 Å². The van der Waals surface area contributed by atoms with Crippen LogP contribution in [0.15, 0.2) is 24.0 Å². The molecule has 0 radical (unpaired) electrons. The summed E-state index contributed by atoms with van der Waals surface area (Å²) in [7, 11) is 1.71. The van der Waals surface area contributed by atoms with Crippen molar-refractivity contribution in [2.75, 3.05) is 20.3 Å². The number of rotatable bonds is 6. The maximum absolute atomic E-state index is 5.06. The molecule has 1 N–H and O–H groups in total. The van der Waals surface area contributed by atoms with Crippen LogP contribution >= 0.6 is 11.3 Å². The molecule has 0 aromatic carbocycles. The average Bonchev–Trinajstić information content (AvgIpc) is 3.11. The third-order valence-electron chi connectivity index (χ3n) is 3.17. The topological polar surface area (TPSA) is 56.4 Å². The molecule has 0 fully saturated rings. The third kappa shape index (κ3) is 2.35. The van der Waals surface area contributed by atoms with Gasteiger partial charge < -0.3 is 10.1 Å². The van der Waals surface area contributed by atoms with Crippen molar-refractivity contribution >= 4 is 16.3 Å². The van der Waals surface area contributed by atoms with Gasteiger partial charge in [0, 0.05) is 44.2 Å². The zero-order valence-electron chi connectivity index (χ0n) is 11.5. The van der Waals surface area contributed by atoms with E-state index in [2.05, 4.69) is 20.9 Å². The van der Waals surface area contributed by atoms with Crippen LogP contribution in [-0.4, -0.2) is 39.2 Å². The van der Waals surface area contributed by atoms with E-state index in [9.17, 15) is 0 Å². The first-order valence-corrected chi connectivity index (χ1v) is 7.33. The van der Waals surface area contributed by atoms with Crippen LogP contribution in [0.1, 0.15) is 11.5 Å². The van der Waals surface area contributed by atoms with Gasteiger partial charge in [-0.3, -0.25) is 8.97 Å². The van der Waals surface area contributed by atoms with Crippen LogP contribution < -0.4 is 5.32 Å². The number of hydrogen-bond acceptors (Lipinski definition) is 5. The SMILES string of the molecule is COCCNCc1c(-n2ccnc2C)nc2sccn12. The number of nitrogens with zero attached hydrogens (tertiary/aromatic N) is 4. The molecule has 6 nitrogen and oxygen atoms in total. The molecule has 0 bridgehead atoms. The number of thiazole rings is 1. The number of fused-ring (bicyclic) bond motifs is 1. The van der Waals surface area contributed by atoms with Crippen LogP contribution in [0.4, 0.5) is 0 Å². The first-order valence-electron chi connectivity index (χ1n) is 6.45. The lowest BCUT2D eigenvalue weighted by Gasteiger charge is -2.07. The summed E-state index contributed by atoms with van der Waals surface area (Å²) in [5.41, 5.74) is 1.14. The first kappa shape index (κ1) is 13.3. The van der Waals surface area contributed by atoms with E-state index in [1.54, 1.807) is 24.6 Å². The van der Waals surface area contributed by atoms with E-state index >= 15 is 0 Å². The molecule has 3 heterocycles. The van der Waals surface area contributed by atoms with Crippen molar-refractivity contribution in [1.29, 1.82) is 0 Å². The fourth-order valence-electron chi connectivity index (χ4n) is 2.16. The lowest BCUT2D eigenvalue weighted by Crippen LogP contribution is -2.20. The van der Waals surface area contributed by atoms with Crippen LogP contribution in [-0.2, 0) is 11.3 Å². The molecule has 3 rings (SSSR count). The van der Waals surface area contributed by atoms with Gasteiger partial charge in [-0.15, -0.1) is 11.3 Å². The molecular weight excluding hydrogens is 274 g/mol. The smallest absolute Gasteiger partial charge is 0.195 e. The zero-order valence-corrected chi connectivity index (χ0v) is 12.4. The Bertz CT molecular complexity index is 699. The maximum atomic E-state index is 5.06. The molecule has 20 heavy (non-hydrogen) atoms. The predicted molar refractivity (Wildman–Crippen MR) is 78.5 cm³/mol. The second-order valence-electron chi connectivity index (χ2n) is 4.45. The zero-order chi connectivity index (χ0) is 13.9. The maximum Gasteiger partial charge on any atom is 0.195 e. The van der Waals surface area contributed by atoms with Gasteiger partial charge in [0.2, 0.25) is 0 Å². The molecule has 0 aliphatic rings. The van der Waals surface area contributed by atoms with Gasteiger partial charge in [0.15, 0.2) is 10.8 Å². The van der Waals surface area contributed by atoms with Crippen molar-refractivity contribution < 1.29 is 4.74 Å². The Kier molecular flexibility index (Phi) is 3.81. The minimum absolute atomic E-state index is 0.699. The molecule has 0 atom stereocenters. The minimum atomic E-state index is 0.699. The summed E-state index contributed by atoms with van der Waals surface area (Å²) in [5, 5.41) is 5.42. The first-order chi connectivity index (χ1) is 9.81. The summed E-state index contributed by atoms with van der Waals surface area (Å²) in [6.07, 6.45) is 5.79. The number of hydrogen-bond donors (Lipinski definition) is 1. The van der Waals surface area contributed by atoms with Gasteiger partial charge in [-0.1, -0.05) is 0 Å². The van der Waals surface area contributed by atoms with Crippen LogP contribution in [0.3, 0.4) is 0 Å². The molecule has 0 saturated carbocycles. The Morgan fingerprint density at radius 3 is 3.05 bits per heavy atom. The summed E-state index contributed by atoms with van der Waals surface area (Å²) >= 11 is 1.63. The molecule has 3 aromatic heterocycles. The van der Waals surface area contributed by atoms with Crippen LogP contribution in [0.2, 0.25) is 0 Å². The molecule has 0 amide bonds. The van der Waals surface area contributed by atoms with Crippen LogP contribution in [0.5, 0.6) is 0 Å². The fourth-order valence-corrected chi connectivity index (χ4v) is 2.89. The normalized spacial score (nSPS) is 11.5. The summed E-state index contributed by atoms with van der Waals surface area (Å²) in [6, 6.07) is 0. The molecule has 106 valence electrons. The molecular formula is C13H17N5OS. The Morgan fingerprint density at radius 1 is 1.40 bits per heavy atom. The highest BCUT2D eigenvalue weighted by Gasteiger charge is 2.15. The monoisotopic (exact) mass is 291 g/mol. The third-order valence-corrected chi connectivity index (χ3v) is 3.93. The van der Waals surface area contributed by atoms with E-state index in [0.29, 0.717) is 6.61 Å². The molecule has 0 saturated heterocycles. The van der Waals surface area contributed by atoms with Gasteiger partial charge in [0.05, 0.1) is 12.3 Å². The van der Waals surface area contributed by atoms with Gasteiger partial charge >= 0.3 is 0 Å². The lowest BCUT2D eigenvalue weighted by molar-refractivity contribution is 0.199. The van der Waals surface area contributed by atoms with E-state index < -0.39 is 0 Å². The highest BCUT2D eigenvalue weighted by Crippen LogP contribution is 2.21. The Morgan fingerprint density at radius 2 is 2.30 bits per heavy atom. The van der Waals surface area contributed by atoms with Crippen molar-refractivity contribution in [2.24, 2.45) is 0 Å². The number of ether oxygens (including phenoxy) is 1. The largest absolute Gasteiger partial charge is 0.383 e. The highest BCUT2D eigenvalue weighted by molar-refractivity contribution is 7.15. The number of aryl methyl sites for hydroxylation is 1. The minimum Gasteiger partial charge on any atom is -0.383 e. The molecule has 7 heteroatoms. The molecule has 0 aliphatic heterocycles. The summed E-state index contributed by atoms with van der Waals surface area (Å²) in [5.74, 6) is 1.88.